The molecule has 0 spiro atoms. The average molecular weight is 240 g/mol. The number of nitrogens with one attached hydrogen (secondary N) is 1. The predicted octanol–water partition coefficient (Wildman–Crippen LogP) is 3.22. The van der Waals surface area contributed by atoms with Crippen molar-refractivity contribution in [1.29, 1.82) is 0 Å². The molecule has 94 valence electrons. The molecule has 1 aromatic rings. The third-order valence-corrected chi connectivity index (χ3v) is 4.00. The number of hydrogen-bond acceptors (Lipinski definition) is 2. The number of para-hydroxylation sites is 1. The Hall–Kier alpha value is -1.70. The highest BCUT2D eigenvalue weighted by Crippen LogP contribution is 2.33. The van der Waals surface area contributed by atoms with Crippen LogP contribution in [-0.4, -0.2) is 13.6 Å². The van der Waals surface area contributed by atoms with Crippen molar-refractivity contribution in [2.24, 2.45) is 0 Å². The molecule has 0 saturated carbocycles. The quantitative estimate of drug-likeness (QED) is 0.854. The van der Waals surface area contributed by atoms with Gasteiger partial charge < -0.3 is 10.2 Å². The molecule has 1 aliphatic carbocycles. The summed E-state index contributed by atoms with van der Waals surface area (Å²) in [4.78, 5) is 2.40. The highest BCUT2D eigenvalue weighted by Gasteiger charge is 2.20. The van der Waals surface area contributed by atoms with Crippen LogP contribution in [0.25, 0.3) is 0 Å². The first-order valence-electron chi connectivity index (χ1n) is 6.72. The van der Waals surface area contributed by atoms with Crippen LogP contribution in [0.5, 0.6) is 0 Å². The van der Waals surface area contributed by atoms with Crippen molar-refractivity contribution in [1.82, 2.24) is 5.32 Å². The van der Waals surface area contributed by atoms with E-state index >= 15 is 0 Å². The molecule has 2 heteroatoms. The zero-order chi connectivity index (χ0) is 12.5. The van der Waals surface area contributed by atoms with Crippen LogP contribution in [0.4, 0.5) is 5.69 Å². The normalized spacial score (nSPS) is 20.8. The minimum Gasteiger partial charge on any atom is -0.388 e. The van der Waals surface area contributed by atoms with Gasteiger partial charge in [-0.1, -0.05) is 18.2 Å². The van der Waals surface area contributed by atoms with E-state index in [9.17, 15) is 0 Å². The molecular formula is C16H20N2. The van der Waals surface area contributed by atoms with Crippen molar-refractivity contribution >= 4 is 5.69 Å². The van der Waals surface area contributed by atoms with Gasteiger partial charge in [0.2, 0.25) is 0 Å². The summed E-state index contributed by atoms with van der Waals surface area (Å²) in [5.74, 6) is 0. The van der Waals surface area contributed by atoms with Crippen LogP contribution in [0, 0.1) is 0 Å². The number of nitrogens with zero attached hydrogens (tertiary/aromatic N) is 1. The number of benzene rings is 1. The molecule has 0 aromatic heterocycles. The fourth-order valence-corrected chi connectivity index (χ4v) is 3.04. The molecular weight excluding hydrogens is 220 g/mol. The third-order valence-electron chi connectivity index (χ3n) is 4.00. The summed E-state index contributed by atoms with van der Waals surface area (Å²) in [5.41, 5.74) is 7.13. The maximum atomic E-state index is 3.35. The summed E-state index contributed by atoms with van der Waals surface area (Å²) >= 11 is 0. The first kappa shape index (κ1) is 11.4. The second-order valence-corrected chi connectivity index (χ2v) is 5.13. The first-order valence-corrected chi connectivity index (χ1v) is 6.72. The molecule has 1 aromatic carbocycles. The Labute approximate surface area is 109 Å². The van der Waals surface area contributed by atoms with Crippen molar-refractivity contribution in [3.8, 4) is 0 Å². The molecule has 2 nitrogen and oxygen atoms in total. The number of allylic oxidation sites excluding steroid dienone is 2. The van der Waals surface area contributed by atoms with Gasteiger partial charge >= 0.3 is 0 Å². The molecule has 0 bridgehead atoms. The smallest absolute Gasteiger partial charge is 0.0439 e. The lowest BCUT2D eigenvalue weighted by Gasteiger charge is -2.16. The standard InChI is InChI=1S/C16H20N2/c1-12-7-8-14(16(12)17-2)11-18-10-9-13-5-3-4-6-15(13)18/h3-6,11,17H,7-10H2,1-2H3/b14-11+. The zero-order valence-electron chi connectivity index (χ0n) is 11.2. The number of anilines is 1. The third kappa shape index (κ3) is 1.82. The topological polar surface area (TPSA) is 15.3 Å². The predicted molar refractivity (Wildman–Crippen MR) is 76.6 cm³/mol. The Morgan fingerprint density at radius 2 is 2.00 bits per heavy atom. The maximum Gasteiger partial charge on any atom is 0.0439 e. The fourth-order valence-electron chi connectivity index (χ4n) is 3.04. The lowest BCUT2D eigenvalue weighted by Crippen LogP contribution is -2.15. The van der Waals surface area contributed by atoms with Gasteiger partial charge in [0, 0.05) is 31.2 Å². The second kappa shape index (κ2) is 4.52. The Kier molecular flexibility index (Phi) is 2.86. The van der Waals surface area contributed by atoms with Gasteiger partial charge in [-0.25, -0.2) is 0 Å². The van der Waals surface area contributed by atoms with Gasteiger partial charge in [-0.3, -0.25) is 0 Å². The molecule has 0 amide bonds. The fraction of sp³-hybridized carbons (Fsp3) is 0.375. The van der Waals surface area contributed by atoms with Crippen molar-refractivity contribution < 1.29 is 0 Å². The minimum absolute atomic E-state index is 1.11. The molecule has 2 aliphatic rings. The number of fused-ring (bicyclic) bond motifs is 1. The van der Waals surface area contributed by atoms with E-state index in [4.69, 9.17) is 0 Å². The minimum atomic E-state index is 1.11. The Morgan fingerprint density at radius 3 is 2.83 bits per heavy atom. The van der Waals surface area contributed by atoms with Gasteiger partial charge in [-0.15, -0.1) is 0 Å². The summed E-state index contributed by atoms with van der Waals surface area (Å²) in [6.45, 7) is 3.34. The van der Waals surface area contributed by atoms with E-state index in [-0.39, 0.29) is 0 Å². The van der Waals surface area contributed by atoms with Gasteiger partial charge in [-0.2, -0.15) is 0 Å². The van der Waals surface area contributed by atoms with Crippen molar-refractivity contribution in [2.45, 2.75) is 26.2 Å². The largest absolute Gasteiger partial charge is 0.388 e. The van der Waals surface area contributed by atoms with Gasteiger partial charge in [0.25, 0.3) is 0 Å². The van der Waals surface area contributed by atoms with Crippen LogP contribution >= 0.6 is 0 Å². The Balaban J connectivity index is 1.91. The zero-order valence-corrected chi connectivity index (χ0v) is 11.2. The van der Waals surface area contributed by atoms with Gasteiger partial charge in [0.05, 0.1) is 0 Å². The van der Waals surface area contributed by atoms with Crippen LogP contribution in [0.1, 0.15) is 25.3 Å². The van der Waals surface area contributed by atoms with Crippen LogP contribution in [-0.2, 0) is 6.42 Å². The highest BCUT2D eigenvalue weighted by molar-refractivity contribution is 5.61. The van der Waals surface area contributed by atoms with Crippen molar-refractivity contribution in [3.63, 3.8) is 0 Å². The van der Waals surface area contributed by atoms with E-state index in [1.165, 1.54) is 40.9 Å². The van der Waals surface area contributed by atoms with Gasteiger partial charge in [0.15, 0.2) is 0 Å². The molecule has 1 heterocycles. The van der Waals surface area contributed by atoms with E-state index < -0.39 is 0 Å². The monoisotopic (exact) mass is 240 g/mol. The molecule has 0 radical (unpaired) electrons. The van der Waals surface area contributed by atoms with Crippen LogP contribution in [0.3, 0.4) is 0 Å². The van der Waals surface area contributed by atoms with Gasteiger partial charge in [0.1, 0.15) is 0 Å². The summed E-state index contributed by atoms with van der Waals surface area (Å²) in [6, 6.07) is 8.73. The molecule has 0 saturated heterocycles. The van der Waals surface area contributed by atoms with E-state index in [1.54, 1.807) is 0 Å². The molecule has 1 aliphatic heterocycles. The average Bonchev–Trinajstić information content (AvgIpc) is 2.95. The van der Waals surface area contributed by atoms with Crippen molar-refractivity contribution in [2.75, 3.05) is 18.5 Å². The summed E-state index contributed by atoms with van der Waals surface area (Å²) in [5, 5.41) is 3.35. The highest BCUT2D eigenvalue weighted by atomic mass is 15.1. The van der Waals surface area contributed by atoms with E-state index in [0.29, 0.717) is 0 Å². The summed E-state index contributed by atoms with van der Waals surface area (Å²) < 4.78 is 0. The molecule has 0 atom stereocenters. The summed E-state index contributed by atoms with van der Waals surface area (Å²) in [6.07, 6.45) is 5.86. The lowest BCUT2D eigenvalue weighted by molar-refractivity contribution is 0.943. The number of likely N-dealkylation sites (N-methyl/N-ethyl adjacent to an activating group) is 1. The SMILES string of the molecule is CNC1=C(C)CC/C1=C\N1CCc2ccccc21. The first-order chi connectivity index (χ1) is 8.79. The molecule has 1 N–H and O–H groups in total. The molecule has 0 unspecified atom stereocenters. The van der Waals surface area contributed by atoms with E-state index in [1.807, 2.05) is 7.05 Å². The second-order valence-electron chi connectivity index (χ2n) is 5.13. The molecule has 0 fully saturated rings. The number of hydrogen-bond donors (Lipinski definition) is 1. The Bertz CT molecular complexity index is 526. The summed E-state index contributed by atoms with van der Waals surface area (Å²) in [7, 11) is 2.02. The van der Waals surface area contributed by atoms with Crippen molar-refractivity contribution in [3.05, 3.63) is 52.9 Å². The van der Waals surface area contributed by atoms with E-state index in [2.05, 4.69) is 47.6 Å². The maximum absolute atomic E-state index is 3.35. The number of rotatable bonds is 2. The van der Waals surface area contributed by atoms with Crippen LogP contribution in [0.2, 0.25) is 0 Å². The molecule has 3 rings (SSSR count). The van der Waals surface area contributed by atoms with Crippen LogP contribution in [0.15, 0.2) is 47.3 Å². The van der Waals surface area contributed by atoms with Gasteiger partial charge in [-0.05, 0) is 49.0 Å². The Morgan fingerprint density at radius 1 is 1.17 bits per heavy atom. The van der Waals surface area contributed by atoms with E-state index in [0.717, 1.165) is 13.0 Å². The van der Waals surface area contributed by atoms with Crippen LogP contribution < -0.4 is 10.2 Å². The lowest BCUT2D eigenvalue weighted by atomic mass is 10.2. The molecule has 18 heavy (non-hydrogen) atoms.